The van der Waals surface area contributed by atoms with Crippen LogP contribution in [0.1, 0.15) is 19.3 Å². The van der Waals surface area contributed by atoms with Gasteiger partial charge in [-0.15, -0.1) is 0 Å². The third kappa shape index (κ3) is 2.97. The number of benzene rings is 1. The Kier molecular flexibility index (Phi) is 4.41. The second-order valence-corrected chi connectivity index (χ2v) is 7.31. The quantitative estimate of drug-likeness (QED) is 0.894. The van der Waals surface area contributed by atoms with Crippen LogP contribution in [-0.2, 0) is 14.8 Å². The summed E-state index contributed by atoms with van der Waals surface area (Å²) < 4.78 is 31.5. The van der Waals surface area contributed by atoms with Crippen molar-refractivity contribution in [3.8, 4) is 5.75 Å². The average Bonchev–Trinajstić information content (AvgIpc) is 2.97. The zero-order chi connectivity index (χ0) is 15.6. The summed E-state index contributed by atoms with van der Waals surface area (Å²) in [4.78, 5) is 11.2. The van der Waals surface area contributed by atoms with E-state index in [2.05, 4.69) is 0 Å². The van der Waals surface area contributed by atoms with Crippen LogP contribution in [0.5, 0.6) is 5.75 Å². The van der Waals surface area contributed by atoms with Gasteiger partial charge in [0.25, 0.3) is 0 Å². The number of hydrogen-bond donors (Lipinski definition) is 1. The lowest BCUT2D eigenvalue weighted by Gasteiger charge is -2.25. The first-order chi connectivity index (χ1) is 9.87. The highest BCUT2D eigenvalue weighted by atomic mass is 32.2. The minimum atomic E-state index is -3.69. The highest BCUT2D eigenvalue weighted by Crippen LogP contribution is 2.34. The Balaban J connectivity index is 2.27. The van der Waals surface area contributed by atoms with E-state index in [9.17, 15) is 13.2 Å². The highest BCUT2D eigenvalue weighted by molar-refractivity contribution is 7.93. The van der Waals surface area contributed by atoms with Gasteiger partial charge in [-0.1, -0.05) is 6.42 Å². The lowest BCUT2D eigenvalue weighted by molar-refractivity contribution is -0.141. The molecule has 2 rings (SSSR count). The number of rotatable bonds is 5. The van der Waals surface area contributed by atoms with Gasteiger partial charge in [0.05, 0.1) is 24.0 Å². The third-order valence-corrected chi connectivity index (χ3v) is 6.27. The summed E-state index contributed by atoms with van der Waals surface area (Å²) in [6.45, 7) is 0. The lowest BCUT2D eigenvalue weighted by atomic mass is 10.1. The van der Waals surface area contributed by atoms with Crippen LogP contribution in [-0.4, -0.2) is 38.9 Å². The van der Waals surface area contributed by atoms with Crippen molar-refractivity contribution in [1.82, 2.24) is 0 Å². The molecule has 1 N–H and O–H groups in total. The molecule has 1 saturated carbocycles. The molecule has 116 valence electrons. The largest absolute Gasteiger partial charge is 0.497 e. The van der Waals surface area contributed by atoms with Crippen LogP contribution < -0.4 is 9.04 Å². The molecule has 7 heteroatoms. The van der Waals surface area contributed by atoms with E-state index in [0.717, 1.165) is 0 Å². The Morgan fingerprint density at radius 3 is 2.43 bits per heavy atom. The molecule has 1 aliphatic carbocycles. The molecule has 1 aromatic carbocycles. The molecule has 2 unspecified atom stereocenters. The molecule has 0 aliphatic heterocycles. The summed E-state index contributed by atoms with van der Waals surface area (Å²) in [5, 5.41) is 8.31. The summed E-state index contributed by atoms with van der Waals surface area (Å²) in [5.74, 6) is -1.23. The van der Waals surface area contributed by atoms with E-state index in [-0.39, 0.29) is 0 Å². The smallest absolute Gasteiger partial charge is 0.307 e. The normalized spacial score (nSPS) is 22.0. The Bertz CT molecular complexity index is 611. The van der Waals surface area contributed by atoms with E-state index in [1.165, 1.54) is 18.5 Å². The van der Waals surface area contributed by atoms with E-state index < -0.39 is 27.2 Å². The van der Waals surface area contributed by atoms with Gasteiger partial charge in [0, 0.05) is 7.05 Å². The monoisotopic (exact) mass is 313 g/mol. The first kappa shape index (κ1) is 15.6. The molecule has 1 aliphatic rings. The molecule has 1 aromatic rings. The summed E-state index contributed by atoms with van der Waals surface area (Å²) >= 11 is 0. The van der Waals surface area contributed by atoms with Crippen LogP contribution in [0.15, 0.2) is 24.3 Å². The van der Waals surface area contributed by atoms with Crippen LogP contribution in [0.3, 0.4) is 0 Å². The molecule has 0 heterocycles. The van der Waals surface area contributed by atoms with Gasteiger partial charge in [0.15, 0.2) is 0 Å². The van der Waals surface area contributed by atoms with Crippen LogP contribution in [0.25, 0.3) is 0 Å². The van der Waals surface area contributed by atoms with Crippen LogP contribution in [0.4, 0.5) is 5.69 Å². The molecule has 0 bridgehead atoms. The van der Waals surface area contributed by atoms with E-state index in [0.29, 0.717) is 30.7 Å². The van der Waals surface area contributed by atoms with E-state index in [1.54, 1.807) is 24.3 Å². The molecule has 1 fully saturated rings. The highest BCUT2D eigenvalue weighted by Gasteiger charge is 2.43. The first-order valence-electron chi connectivity index (χ1n) is 6.72. The number of carboxylic acids is 1. The molecular weight excluding hydrogens is 294 g/mol. The van der Waals surface area contributed by atoms with Crippen molar-refractivity contribution in [3.63, 3.8) is 0 Å². The van der Waals surface area contributed by atoms with E-state index in [4.69, 9.17) is 9.84 Å². The van der Waals surface area contributed by atoms with Gasteiger partial charge >= 0.3 is 5.97 Å². The molecule has 6 nitrogen and oxygen atoms in total. The van der Waals surface area contributed by atoms with Crippen molar-refractivity contribution >= 4 is 21.7 Å². The molecule has 0 spiro atoms. The summed E-state index contributed by atoms with van der Waals surface area (Å²) in [6, 6.07) is 6.62. The predicted octanol–water partition coefficient (Wildman–Crippen LogP) is 1.71. The molecule has 21 heavy (non-hydrogen) atoms. The van der Waals surface area contributed by atoms with Gasteiger partial charge in [-0.2, -0.15) is 0 Å². The summed E-state index contributed by atoms with van der Waals surface area (Å²) in [6.07, 6.45) is 1.42. The average molecular weight is 313 g/mol. The maximum atomic E-state index is 12.6. The Morgan fingerprint density at radius 2 is 1.90 bits per heavy atom. The number of carbonyl (C=O) groups is 1. The maximum Gasteiger partial charge on any atom is 0.307 e. The predicted molar refractivity (Wildman–Crippen MR) is 79.1 cm³/mol. The van der Waals surface area contributed by atoms with Gasteiger partial charge in [0.1, 0.15) is 5.75 Å². The Morgan fingerprint density at radius 1 is 1.29 bits per heavy atom. The van der Waals surface area contributed by atoms with Crippen molar-refractivity contribution in [1.29, 1.82) is 0 Å². The van der Waals surface area contributed by atoms with Gasteiger partial charge in [0.2, 0.25) is 10.0 Å². The number of ether oxygens (including phenoxy) is 1. The number of sulfonamides is 1. The molecule has 0 saturated heterocycles. The van der Waals surface area contributed by atoms with Crippen molar-refractivity contribution in [2.24, 2.45) is 5.92 Å². The number of hydrogen-bond acceptors (Lipinski definition) is 4. The number of nitrogens with zero attached hydrogens (tertiary/aromatic N) is 1. The Labute approximate surface area is 124 Å². The summed E-state index contributed by atoms with van der Waals surface area (Å²) in [5.41, 5.74) is 0.492. The number of methoxy groups -OCH3 is 1. The Hall–Kier alpha value is -1.76. The fourth-order valence-electron chi connectivity index (χ4n) is 2.71. The van der Waals surface area contributed by atoms with E-state index in [1.807, 2.05) is 0 Å². The minimum Gasteiger partial charge on any atom is -0.497 e. The second-order valence-electron chi connectivity index (χ2n) is 5.12. The number of anilines is 1. The van der Waals surface area contributed by atoms with Crippen molar-refractivity contribution in [2.75, 3.05) is 18.5 Å². The molecule has 0 aromatic heterocycles. The van der Waals surface area contributed by atoms with Crippen molar-refractivity contribution < 1.29 is 23.1 Å². The second kappa shape index (κ2) is 5.93. The zero-order valence-electron chi connectivity index (χ0n) is 12.0. The van der Waals surface area contributed by atoms with Gasteiger partial charge < -0.3 is 9.84 Å². The summed E-state index contributed by atoms with van der Waals surface area (Å²) in [7, 11) is -0.708. The zero-order valence-corrected chi connectivity index (χ0v) is 12.8. The molecule has 2 atom stereocenters. The lowest BCUT2D eigenvalue weighted by Crippen LogP contribution is -2.40. The molecule has 0 radical (unpaired) electrons. The standard InChI is InChI=1S/C14H19NO5S/c1-15(10-6-8-11(20-2)9-7-10)21(18,19)13-5-3-4-12(13)14(16)17/h6-9,12-13H,3-5H2,1-2H3,(H,16,17). The minimum absolute atomic E-state index is 0.389. The van der Waals surface area contributed by atoms with Crippen LogP contribution in [0.2, 0.25) is 0 Å². The number of aliphatic carboxylic acids is 1. The van der Waals surface area contributed by atoms with Gasteiger partial charge in [-0.3, -0.25) is 9.10 Å². The fraction of sp³-hybridized carbons (Fsp3) is 0.500. The topological polar surface area (TPSA) is 83.9 Å². The number of carboxylic acid groups (broad SMARTS) is 1. The SMILES string of the molecule is COc1ccc(N(C)S(=O)(=O)C2CCCC2C(=O)O)cc1. The van der Waals surface area contributed by atoms with Gasteiger partial charge in [-0.05, 0) is 37.1 Å². The molecular formula is C14H19NO5S. The van der Waals surface area contributed by atoms with Crippen LogP contribution >= 0.6 is 0 Å². The van der Waals surface area contributed by atoms with Crippen molar-refractivity contribution in [3.05, 3.63) is 24.3 Å². The van der Waals surface area contributed by atoms with Crippen LogP contribution in [0, 0.1) is 5.92 Å². The van der Waals surface area contributed by atoms with Crippen molar-refractivity contribution in [2.45, 2.75) is 24.5 Å². The maximum absolute atomic E-state index is 12.6. The molecule has 0 amide bonds. The third-order valence-electron chi connectivity index (χ3n) is 3.97. The fourth-order valence-corrected chi connectivity index (χ4v) is 4.66. The van der Waals surface area contributed by atoms with E-state index >= 15 is 0 Å². The van der Waals surface area contributed by atoms with Gasteiger partial charge in [-0.25, -0.2) is 8.42 Å². The first-order valence-corrected chi connectivity index (χ1v) is 8.23.